The summed E-state index contributed by atoms with van der Waals surface area (Å²) >= 11 is 5.74. The molecule has 0 aliphatic rings. The van der Waals surface area contributed by atoms with Gasteiger partial charge in [0.15, 0.2) is 6.61 Å². The van der Waals surface area contributed by atoms with Crippen LogP contribution < -0.4 is 10.1 Å². The molecule has 0 fully saturated rings. The number of aliphatic hydroxyl groups is 1. The summed E-state index contributed by atoms with van der Waals surface area (Å²) in [4.78, 5) is 11.2. The predicted octanol–water partition coefficient (Wildman–Crippen LogP) is 0.851. The quantitative estimate of drug-likeness (QED) is 0.763. The van der Waals surface area contributed by atoms with Crippen molar-refractivity contribution in [1.29, 1.82) is 5.26 Å². The van der Waals surface area contributed by atoms with Crippen molar-refractivity contribution in [3.63, 3.8) is 0 Å². The monoisotopic (exact) mass is 254 g/mol. The van der Waals surface area contributed by atoms with Crippen LogP contribution in [0.1, 0.15) is 5.56 Å². The van der Waals surface area contributed by atoms with Gasteiger partial charge in [0.2, 0.25) is 0 Å². The van der Waals surface area contributed by atoms with Crippen LogP contribution in [0.4, 0.5) is 0 Å². The van der Waals surface area contributed by atoms with E-state index in [1.807, 2.05) is 0 Å². The van der Waals surface area contributed by atoms with Crippen LogP contribution in [-0.4, -0.2) is 24.2 Å². The first-order valence-electron chi connectivity index (χ1n) is 4.83. The van der Waals surface area contributed by atoms with Crippen LogP contribution in [0.5, 0.6) is 5.75 Å². The molecule has 0 radical (unpaired) electrons. The van der Waals surface area contributed by atoms with E-state index in [-0.39, 0.29) is 19.8 Å². The molecule has 0 bridgehead atoms. The SMILES string of the molecule is N#CCNC(=O)COc1ccc(Cl)cc1CO. The number of nitrogens with zero attached hydrogens (tertiary/aromatic N) is 1. The second kappa shape index (κ2) is 6.74. The van der Waals surface area contributed by atoms with Crippen LogP contribution in [0.2, 0.25) is 5.02 Å². The average Bonchev–Trinajstić information content (AvgIpc) is 2.34. The van der Waals surface area contributed by atoms with Crippen molar-refractivity contribution in [3.05, 3.63) is 28.8 Å². The molecule has 17 heavy (non-hydrogen) atoms. The van der Waals surface area contributed by atoms with Crippen molar-refractivity contribution in [2.75, 3.05) is 13.2 Å². The highest BCUT2D eigenvalue weighted by Crippen LogP contribution is 2.22. The van der Waals surface area contributed by atoms with E-state index in [9.17, 15) is 4.79 Å². The van der Waals surface area contributed by atoms with Crippen molar-refractivity contribution < 1.29 is 14.6 Å². The number of benzene rings is 1. The highest BCUT2D eigenvalue weighted by molar-refractivity contribution is 6.30. The lowest BCUT2D eigenvalue weighted by Gasteiger charge is -2.09. The van der Waals surface area contributed by atoms with E-state index < -0.39 is 5.91 Å². The number of rotatable bonds is 5. The van der Waals surface area contributed by atoms with Crippen LogP contribution in [0.3, 0.4) is 0 Å². The van der Waals surface area contributed by atoms with E-state index in [0.717, 1.165) is 0 Å². The molecule has 0 aromatic heterocycles. The standard InChI is InChI=1S/C11H11ClN2O3/c12-9-1-2-10(8(5-9)6-15)17-7-11(16)14-4-3-13/h1-2,5,15H,4,6-7H2,(H,14,16). The maximum Gasteiger partial charge on any atom is 0.258 e. The molecule has 1 aromatic rings. The maximum absolute atomic E-state index is 11.2. The molecule has 0 atom stereocenters. The Hall–Kier alpha value is -1.77. The first-order chi connectivity index (χ1) is 8.17. The van der Waals surface area contributed by atoms with E-state index in [1.165, 1.54) is 0 Å². The lowest BCUT2D eigenvalue weighted by molar-refractivity contribution is -0.122. The summed E-state index contributed by atoms with van der Waals surface area (Å²) in [7, 11) is 0. The fraction of sp³-hybridized carbons (Fsp3) is 0.273. The molecule has 0 aliphatic heterocycles. The lowest BCUT2D eigenvalue weighted by Crippen LogP contribution is -2.29. The van der Waals surface area contributed by atoms with E-state index >= 15 is 0 Å². The average molecular weight is 255 g/mol. The van der Waals surface area contributed by atoms with E-state index in [2.05, 4.69) is 5.32 Å². The largest absolute Gasteiger partial charge is 0.483 e. The third kappa shape index (κ3) is 4.31. The molecule has 1 amide bonds. The zero-order valence-electron chi connectivity index (χ0n) is 8.94. The van der Waals surface area contributed by atoms with Crippen molar-refractivity contribution in [3.8, 4) is 11.8 Å². The number of nitrogens with one attached hydrogen (secondary N) is 1. The summed E-state index contributed by atoms with van der Waals surface area (Å²) in [5.41, 5.74) is 0.505. The van der Waals surface area contributed by atoms with Crippen LogP contribution in [0.15, 0.2) is 18.2 Å². The molecule has 1 rings (SSSR count). The lowest BCUT2D eigenvalue weighted by atomic mass is 10.2. The van der Waals surface area contributed by atoms with Crippen LogP contribution in [0.25, 0.3) is 0 Å². The van der Waals surface area contributed by atoms with E-state index in [1.54, 1.807) is 24.3 Å². The Morgan fingerprint density at radius 2 is 2.35 bits per heavy atom. The Kier molecular flexibility index (Phi) is 5.27. The molecule has 0 aliphatic carbocycles. The number of aliphatic hydroxyl groups excluding tert-OH is 1. The number of amides is 1. The molecular weight excluding hydrogens is 244 g/mol. The van der Waals surface area contributed by atoms with E-state index in [0.29, 0.717) is 16.3 Å². The zero-order chi connectivity index (χ0) is 12.7. The highest BCUT2D eigenvalue weighted by Gasteiger charge is 2.06. The maximum atomic E-state index is 11.2. The number of hydrogen-bond donors (Lipinski definition) is 2. The zero-order valence-corrected chi connectivity index (χ0v) is 9.70. The third-order valence-electron chi connectivity index (χ3n) is 1.92. The van der Waals surface area contributed by atoms with Gasteiger partial charge in [-0.1, -0.05) is 11.6 Å². The van der Waals surface area contributed by atoms with Crippen molar-refractivity contribution in [2.45, 2.75) is 6.61 Å². The number of nitriles is 1. The molecule has 0 heterocycles. The summed E-state index contributed by atoms with van der Waals surface area (Å²) in [6, 6.07) is 6.52. The molecule has 90 valence electrons. The first kappa shape index (κ1) is 13.3. The van der Waals surface area contributed by atoms with Crippen molar-refractivity contribution in [1.82, 2.24) is 5.32 Å². The van der Waals surface area contributed by atoms with Crippen molar-refractivity contribution >= 4 is 17.5 Å². The molecule has 1 aromatic carbocycles. The number of ether oxygens (including phenoxy) is 1. The van der Waals surface area contributed by atoms with Gasteiger partial charge in [0, 0.05) is 10.6 Å². The van der Waals surface area contributed by atoms with Gasteiger partial charge in [-0.05, 0) is 18.2 Å². The number of carbonyl (C=O) groups is 1. The normalized spacial score (nSPS) is 9.47. The van der Waals surface area contributed by atoms with Crippen LogP contribution in [-0.2, 0) is 11.4 Å². The van der Waals surface area contributed by atoms with Crippen LogP contribution in [0, 0.1) is 11.3 Å². The Morgan fingerprint density at radius 3 is 3.00 bits per heavy atom. The fourth-order valence-electron chi connectivity index (χ4n) is 1.14. The second-order valence-electron chi connectivity index (χ2n) is 3.13. The second-order valence-corrected chi connectivity index (χ2v) is 3.57. The minimum atomic E-state index is -0.398. The predicted molar refractivity (Wildman–Crippen MR) is 61.5 cm³/mol. The molecule has 5 nitrogen and oxygen atoms in total. The van der Waals surface area contributed by atoms with Gasteiger partial charge < -0.3 is 15.2 Å². The molecule has 0 saturated carbocycles. The third-order valence-corrected chi connectivity index (χ3v) is 2.15. The fourth-order valence-corrected chi connectivity index (χ4v) is 1.34. The minimum Gasteiger partial charge on any atom is -0.483 e. The summed E-state index contributed by atoms with van der Waals surface area (Å²) in [6.45, 7) is -0.498. The molecule has 6 heteroatoms. The topological polar surface area (TPSA) is 82.4 Å². The molecule has 2 N–H and O–H groups in total. The minimum absolute atomic E-state index is 0.0599. The number of halogens is 1. The highest BCUT2D eigenvalue weighted by atomic mass is 35.5. The molecule has 0 unspecified atom stereocenters. The van der Waals surface area contributed by atoms with Gasteiger partial charge >= 0.3 is 0 Å². The van der Waals surface area contributed by atoms with Gasteiger partial charge in [-0.15, -0.1) is 0 Å². The summed E-state index contributed by atoms with van der Waals surface area (Å²) in [5, 5.41) is 20.1. The smallest absolute Gasteiger partial charge is 0.258 e. The number of carbonyl (C=O) groups excluding carboxylic acids is 1. The Balaban J connectivity index is 2.57. The molecule has 0 saturated heterocycles. The van der Waals surface area contributed by atoms with Gasteiger partial charge in [-0.2, -0.15) is 5.26 Å². The van der Waals surface area contributed by atoms with Gasteiger partial charge in [0.25, 0.3) is 5.91 Å². The van der Waals surface area contributed by atoms with Gasteiger partial charge in [0.05, 0.1) is 12.7 Å². The van der Waals surface area contributed by atoms with Crippen molar-refractivity contribution in [2.24, 2.45) is 0 Å². The Morgan fingerprint density at radius 1 is 1.59 bits per heavy atom. The van der Waals surface area contributed by atoms with Gasteiger partial charge in [-0.25, -0.2) is 0 Å². The van der Waals surface area contributed by atoms with E-state index in [4.69, 9.17) is 26.7 Å². The molecule has 0 spiro atoms. The molecular formula is C11H11ClN2O3. The number of hydrogen-bond acceptors (Lipinski definition) is 4. The Bertz CT molecular complexity index is 443. The summed E-state index contributed by atoms with van der Waals surface area (Å²) < 4.78 is 5.20. The summed E-state index contributed by atoms with van der Waals surface area (Å²) in [5.74, 6) is -0.00519. The summed E-state index contributed by atoms with van der Waals surface area (Å²) in [6.07, 6.45) is 0. The van der Waals surface area contributed by atoms with Gasteiger partial charge in [0.1, 0.15) is 12.3 Å². The Labute approximate surface area is 104 Å². The van der Waals surface area contributed by atoms with Gasteiger partial charge in [-0.3, -0.25) is 4.79 Å². The first-order valence-corrected chi connectivity index (χ1v) is 5.21. The van der Waals surface area contributed by atoms with Crippen LogP contribution >= 0.6 is 11.6 Å².